The average Bonchev–Trinajstić information content (AvgIpc) is 3.17. The van der Waals surface area contributed by atoms with E-state index in [0.29, 0.717) is 13.0 Å². The molecule has 1 saturated heterocycles. The fourth-order valence-electron chi connectivity index (χ4n) is 3.82. The molecule has 1 fully saturated rings. The zero-order valence-electron chi connectivity index (χ0n) is 16.2. The lowest BCUT2D eigenvalue weighted by atomic mass is 9.97. The first-order chi connectivity index (χ1) is 14.2. The molecule has 0 unspecified atom stereocenters. The van der Waals surface area contributed by atoms with E-state index in [1.807, 2.05) is 78.9 Å². The van der Waals surface area contributed by atoms with E-state index >= 15 is 0 Å². The number of hydrogen-bond acceptors (Lipinski definition) is 2. The molecule has 29 heavy (non-hydrogen) atoms. The molecule has 0 aliphatic carbocycles. The Balaban J connectivity index is 1.49. The molecule has 0 aromatic heterocycles. The average molecular weight is 384 g/mol. The normalized spacial score (nSPS) is 17.2. The lowest BCUT2D eigenvalue weighted by Crippen LogP contribution is -2.36. The summed E-state index contributed by atoms with van der Waals surface area (Å²) in [6.07, 6.45) is 0.952. The van der Waals surface area contributed by atoms with E-state index in [9.17, 15) is 9.59 Å². The van der Waals surface area contributed by atoms with Crippen molar-refractivity contribution >= 4 is 17.5 Å². The fourth-order valence-corrected chi connectivity index (χ4v) is 3.82. The van der Waals surface area contributed by atoms with Gasteiger partial charge in [-0.3, -0.25) is 9.59 Å². The smallest absolute Gasteiger partial charge is 0.227 e. The molecule has 3 aromatic carbocycles. The van der Waals surface area contributed by atoms with E-state index in [0.717, 1.165) is 16.8 Å². The van der Waals surface area contributed by atoms with Gasteiger partial charge in [0.05, 0.1) is 12.0 Å². The molecule has 1 aliphatic heterocycles. The predicted molar refractivity (Wildman–Crippen MR) is 114 cm³/mol. The summed E-state index contributed by atoms with van der Waals surface area (Å²) in [4.78, 5) is 27.2. The van der Waals surface area contributed by atoms with E-state index in [4.69, 9.17) is 0 Å². The number of nitrogens with one attached hydrogen (secondary N) is 1. The predicted octanol–water partition coefficient (Wildman–Crippen LogP) is 4.14. The summed E-state index contributed by atoms with van der Waals surface area (Å²) < 4.78 is 0. The standard InChI is InChI=1S/C25H24N2O2/c28-24-17-21(18-27(24)22-14-8-3-9-15-22)25(29)26-23(20-12-6-2-7-13-20)16-19-10-4-1-5-11-19/h1-15,21,23H,16-18H2,(H,26,29)/t21-,23+/m1/s1. The Labute approximate surface area is 171 Å². The number of para-hydroxylation sites is 1. The Hall–Kier alpha value is -3.40. The minimum Gasteiger partial charge on any atom is -0.349 e. The number of amides is 2. The van der Waals surface area contributed by atoms with Crippen LogP contribution in [0.3, 0.4) is 0 Å². The number of carbonyl (C=O) groups excluding carboxylic acids is 2. The largest absolute Gasteiger partial charge is 0.349 e. The van der Waals surface area contributed by atoms with Crippen LogP contribution >= 0.6 is 0 Å². The van der Waals surface area contributed by atoms with Gasteiger partial charge in [-0.2, -0.15) is 0 Å². The van der Waals surface area contributed by atoms with E-state index < -0.39 is 0 Å². The van der Waals surface area contributed by atoms with E-state index in [1.165, 1.54) is 0 Å². The van der Waals surface area contributed by atoms with Gasteiger partial charge in [-0.15, -0.1) is 0 Å². The van der Waals surface area contributed by atoms with Gasteiger partial charge in [0.2, 0.25) is 11.8 Å². The second kappa shape index (κ2) is 8.74. The maximum atomic E-state index is 13.1. The molecule has 3 aromatic rings. The van der Waals surface area contributed by atoms with Crippen molar-refractivity contribution in [1.29, 1.82) is 0 Å². The first-order valence-corrected chi connectivity index (χ1v) is 9.95. The van der Waals surface area contributed by atoms with Gasteiger partial charge in [0.15, 0.2) is 0 Å². The molecule has 0 saturated carbocycles. The minimum atomic E-state index is -0.343. The Morgan fingerprint density at radius 2 is 1.48 bits per heavy atom. The quantitative estimate of drug-likeness (QED) is 0.694. The summed E-state index contributed by atoms with van der Waals surface area (Å²) in [5, 5.41) is 3.20. The zero-order valence-corrected chi connectivity index (χ0v) is 16.2. The lowest BCUT2D eigenvalue weighted by molar-refractivity contribution is -0.127. The van der Waals surface area contributed by atoms with Crippen LogP contribution in [0.15, 0.2) is 91.0 Å². The van der Waals surface area contributed by atoms with Crippen LogP contribution in [0.5, 0.6) is 0 Å². The summed E-state index contributed by atoms with van der Waals surface area (Å²) in [7, 11) is 0. The number of carbonyl (C=O) groups is 2. The molecular weight excluding hydrogens is 360 g/mol. The minimum absolute atomic E-state index is 0.00401. The molecule has 2 amide bonds. The van der Waals surface area contributed by atoms with Gasteiger partial charge in [-0.1, -0.05) is 78.9 Å². The SMILES string of the molecule is O=C(N[C@@H](Cc1ccccc1)c1ccccc1)[C@@H]1CC(=O)N(c2ccccc2)C1. The first-order valence-electron chi connectivity index (χ1n) is 9.95. The number of rotatable bonds is 6. The van der Waals surface area contributed by atoms with E-state index in [1.54, 1.807) is 4.90 Å². The highest BCUT2D eigenvalue weighted by molar-refractivity contribution is 6.00. The van der Waals surface area contributed by atoms with Gasteiger partial charge in [-0.05, 0) is 29.7 Å². The molecular formula is C25H24N2O2. The molecule has 4 heteroatoms. The fraction of sp³-hybridized carbons (Fsp3) is 0.200. The zero-order chi connectivity index (χ0) is 20.1. The van der Waals surface area contributed by atoms with Crippen molar-refractivity contribution in [2.45, 2.75) is 18.9 Å². The highest BCUT2D eigenvalue weighted by Crippen LogP contribution is 2.26. The number of anilines is 1. The second-order valence-electron chi connectivity index (χ2n) is 7.40. The number of nitrogens with zero attached hydrogens (tertiary/aromatic N) is 1. The summed E-state index contributed by atoms with van der Waals surface area (Å²) >= 11 is 0. The third-order valence-electron chi connectivity index (χ3n) is 5.36. The molecule has 2 atom stereocenters. The molecule has 0 radical (unpaired) electrons. The van der Waals surface area contributed by atoms with Crippen LogP contribution in [0.4, 0.5) is 5.69 Å². The Morgan fingerprint density at radius 3 is 2.14 bits per heavy atom. The topological polar surface area (TPSA) is 49.4 Å². The summed E-state index contributed by atoms with van der Waals surface area (Å²) in [5.74, 6) is -0.415. The van der Waals surface area contributed by atoms with Crippen LogP contribution < -0.4 is 10.2 Å². The van der Waals surface area contributed by atoms with Crippen molar-refractivity contribution in [3.63, 3.8) is 0 Å². The molecule has 4 nitrogen and oxygen atoms in total. The van der Waals surface area contributed by atoms with Crippen LogP contribution in [-0.2, 0) is 16.0 Å². The van der Waals surface area contributed by atoms with E-state index in [-0.39, 0.29) is 30.2 Å². The number of hydrogen-bond donors (Lipinski definition) is 1. The Kier molecular flexibility index (Phi) is 5.71. The molecule has 1 N–H and O–H groups in total. The van der Waals surface area contributed by atoms with Crippen molar-refractivity contribution < 1.29 is 9.59 Å². The van der Waals surface area contributed by atoms with Gasteiger partial charge in [0.1, 0.15) is 0 Å². The maximum Gasteiger partial charge on any atom is 0.227 e. The van der Waals surface area contributed by atoms with Crippen molar-refractivity contribution in [3.05, 3.63) is 102 Å². The van der Waals surface area contributed by atoms with Crippen LogP contribution in [0, 0.1) is 5.92 Å². The van der Waals surface area contributed by atoms with Crippen LogP contribution in [0.2, 0.25) is 0 Å². The third kappa shape index (κ3) is 4.54. The molecule has 146 valence electrons. The van der Waals surface area contributed by atoms with Gasteiger partial charge in [0.25, 0.3) is 0 Å². The summed E-state index contributed by atoms with van der Waals surface area (Å²) in [6.45, 7) is 0.418. The molecule has 4 rings (SSSR count). The van der Waals surface area contributed by atoms with E-state index in [2.05, 4.69) is 17.4 Å². The molecule has 1 aliphatic rings. The van der Waals surface area contributed by atoms with Gasteiger partial charge in [0, 0.05) is 18.7 Å². The molecule has 1 heterocycles. The van der Waals surface area contributed by atoms with Gasteiger partial charge in [-0.25, -0.2) is 0 Å². The third-order valence-corrected chi connectivity index (χ3v) is 5.36. The summed E-state index contributed by atoms with van der Waals surface area (Å²) in [5.41, 5.74) is 3.07. The maximum absolute atomic E-state index is 13.1. The van der Waals surface area contributed by atoms with Crippen LogP contribution in [0.1, 0.15) is 23.6 Å². The van der Waals surface area contributed by atoms with Crippen molar-refractivity contribution in [2.75, 3.05) is 11.4 Å². The summed E-state index contributed by atoms with van der Waals surface area (Å²) in [6, 6.07) is 29.5. The highest BCUT2D eigenvalue weighted by Gasteiger charge is 2.35. The van der Waals surface area contributed by atoms with Crippen LogP contribution in [-0.4, -0.2) is 18.4 Å². The van der Waals surface area contributed by atoms with Gasteiger partial charge < -0.3 is 10.2 Å². The monoisotopic (exact) mass is 384 g/mol. The number of benzene rings is 3. The van der Waals surface area contributed by atoms with Gasteiger partial charge >= 0.3 is 0 Å². The lowest BCUT2D eigenvalue weighted by Gasteiger charge is -2.22. The first kappa shape index (κ1) is 18.9. The van der Waals surface area contributed by atoms with Crippen molar-refractivity contribution in [3.8, 4) is 0 Å². The van der Waals surface area contributed by atoms with Crippen molar-refractivity contribution in [1.82, 2.24) is 5.32 Å². The highest BCUT2D eigenvalue weighted by atomic mass is 16.2. The second-order valence-corrected chi connectivity index (χ2v) is 7.40. The van der Waals surface area contributed by atoms with Crippen molar-refractivity contribution in [2.24, 2.45) is 5.92 Å². The van der Waals surface area contributed by atoms with Crippen LogP contribution in [0.25, 0.3) is 0 Å². The Morgan fingerprint density at radius 1 is 0.897 bits per heavy atom. The molecule has 0 bridgehead atoms. The molecule has 0 spiro atoms. The Bertz CT molecular complexity index is 958.